The predicted molar refractivity (Wildman–Crippen MR) is 94.5 cm³/mol. The molecule has 3 aliphatic heterocycles. The Hall–Kier alpha value is -2.41. The van der Waals surface area contributed by atoms with Crippen molar-refractivity contribution in [3.05, 3.63) is 29.3 Å². The Bertz CT molecular complexity index is 755. The number of aliphatic hydroxyl groups excluding tert-OH is 1. The number of imide groups is 1. The van der Waals surface area contributed by atoms with Gasteiger partial charge in [-0.2, -0.15) is 0 Å². The van der Waals surface area contributed by atoms with Crippen molar-refractivity contribution in [1.29, 1.82) is 0 Å². The molecule has 0 unspecified atom stereocenters. The molecule has 138 valence electrons. The van der Waals surface area contributed by atoms with E-state index in [0.717, 1.165) is 37.2 Å². The summed E-state index contributed by atoms with van der Waals surface area (Å²) in [7, 11) is 0. The number of amides is 3. The fourth-order valence-corrected chi connectivity index (χ4v) is 4.11. The fraction of sp³-hybridized carbons (Fsp3) is 0.526. The molecule has 1 atom stereocenters. The summed E-state index contributed by atoms with van der Waals surface area (Å²) in [5, 5.41) is 11.6. The number of carbonyl (C=O) groups excluding carboxylic acids is 3. The molecule has 1 aromatic rings. The normalized spacial score (nSPS) is 24.0. The van der Waals surface area contributed by atoms with Crippen molar-refractivity contribution in [3.63, 3.8) is 0 Å². The van der Waals surface area contributed by atoms with Crippen molar-refractivity contribution in [2.45, 2.75) is 38.3 Å². The quantitative estimate of drug-likeness (QED) is 0.776. The molecule has 0 saturated carbocycles. The second kappa shape index (κ2) is 6.72. The van der Waals surface area contributed by atoms with E-state index in [1.165, 1.54) is 0 Å². The van der Waals surface area contributed by atoms with Gasteiger partial charge in [-0.25, -0.2) is 0 Å². The number of nitrogens with one attached hydrogen (secondary N) is 1. The lowest BCUT2D eigenvalue weighted by molar-refractivity contribution is -0.136. The molecule has 3 amide bonds. The van der Waals surface area contributed by atoms with Crippen LogP contribution in [0, 0.1) is 5.92 Å². The van der Waals surface area contributed by atoms with Crippen LogP contribution in [0.4, 0.5) is 5.69 Å². The summed E-state index contributed by atoms with van der Waals surface area (Å²) in [5.41, 5.74) is 2.59. The average Bonchev–Trinajstić information content (AvgIpc) is 2.98. The Morgan fingerprint density at radius 2 is 1.88 bits per heavy atom. The van der Waals surface area contributed by atoms with E-state index in [0.29, 0.717) is 24.4 Å². The van der Waals surface area contributed by atoms with Gasteiger partial charge in [0.2, 0.25) is 11.8 Å². The zero-order valence-corrected chi connectivity index (χ0v) is 14.6. The number of aliphatic hydroxyl groups is 1. The number of nitrogens with zero attached hydrogens (tertiary/aromatic N) is 2. The summed E-state index contributed by atoms with van der Waals surface area (Å²) in [6.45, 7) is 2.38. The standard InChI is InChI=1S/C19H23N3O4/c23-11-12-5-7-21(8-6-12)14-2-1-13-10-22(19(26)15(13)9-14)16-3-4-17(24)20-18(16)25/h1-2,9,12,16,23H,3-8,10-11H2,(H,20,24,25)/t16-/m1/s1. The molecule has 3 aliphatic rings. The second-order valence-corrected chi connectivity index (χ2v) is 7.35. The van der Waals surface area contributed by atoms with Crippen LogP contribution in [-0.2, 0) is 16.1 Å². The van der Waals surface area contributed by atoms with E-state index in [9.17, 15) is 19.5 Å². The third-order valence-corrected chi connectivity index (χ3v) is 5.75. The van der Waals surface area contributed by atoms with Crippen LogP contribution in [0.15, 0.2) is 18.2 Å². The van der Waals surface area contributed by atoms with Gasteiger partial charge < -0.3 is 14.9 Å². The van der Waals surface area contributed by atoms with Crippen LogP contribution in [0.25, 0.3) is 0 Å². The van der Waals surface area contributed by atoms with Gasteiger partial charge in [-0.3, -0.25) is 19.7 Å². The maximum atomic E-state index is 12.9. The van der Waals surface area contributed by atoms with Crippen molar-refractivity contribution in [2.24, 2.45) is 5.92 Å². The van der Waals surface area contributed by atoms with Gasteiger partial charge in [0.05, 0.1) is 0 Å². The second-order valence-electron chi connectivity index (χ2n) is 7.35. The van der Waals surface area contributed by atoms with Crippen molar-refractivity contribution >= 4 is 23.4 Å². The molecule has 4 rings (SSSR count). The molecule has 7 heteroatoms. The van der Waals surface area contributed by atoms with Gasteiger partial charge in [0.15, 0.2) is 0 Å². The van der Waals surface area contributed by atoms with E-state index in [1.807, 2.05) is 18.2 Å². The Morgan fingerprint density at radius 1 is 1.12 bits per heavy atom. The van der Waals surface area contributed by atoms with Crippen LogP contribution in [0.1, 0.15) is 41.6 Å². The first-order valence-electron chi connectivity index (χ1n) is 9.20. The van der Waals surface area contributed by atoms with Crippen LogP contribution >= 0.6 is 0 Å². The molecule has 3 heterocycles. The van der Waals surface area contributed by atoms with Gasteiger partial charge >= 0.3 is 0 Å². The molecule has 7 nitrogen and oxygen atoms in total. The number of rotatable bonds is 3. The lowest BCUT2D eigenvalue weighted by Crippen LogP contribution is -2.52. The van der Waals surface area contributed by atoms with Gasteiger partial charge in [-0.05, 0) is 42.9 Å². The third-order valence-electron chi connectivity index (χ3n) is 5.75. The van der Waals surface area contributed by atoms with Crippen molar-refractivity contribution in [2.75, 3.05) is 24.6 Å². The topological polar surface area (TPSA) is 90.0 Å². The highest BCUT2D eigenvalue weighted by molar-refractivity contribution is 6.05. The van der Waals surface area contributed by atoms with Crippen molar-refractivity contribution in [3.8, 4) is 0 Å². The fourth-order valence-electron chi connectivity index (χ4n) is 4.11. The minimum atomic E-state index is -0.573. The summed E-state index contributed by atoms with van der Waals surface area (Å²) in [5.74, 6) is -0.426. The average molecular weight is 357 g/mol. The van der Waals surface area contributed by atoms with Crippen LogP contribution in [0.2, 0.25) is 0 Å². The summed E-state index contributed by atoms with van der Waals surface area (Å²) in [6.07, 6.45) is 2.54. The first kappa shape index (κ1) is 17.0. The molecule has 0 radical (unpaired) electrons. The molecule has 0 aliphatic carbocycles. The van der Waals surface area contributed by atoms with Crippen LogP contribution in [-0.4, -0.2) is 53.5 Å². The van der Waals surface area contributed by atoms with E-state index in [2.05, 4.69) is 10.2 Å². The van der Waals surface area contributed by atoms with Crippen molar-refractivity contribution < 1.29 is 19.5 Å². The Morgan fingerprint density at radius 3 is 2.58 bits per heavy atom. The molecule has 1 aromatic carbocycles. The third kappa shape index (κ3) is 2.96. The van der Waals surface area contributed by atoms with E-state index >= 15 is 0 Å². The molecule has 0 spiro atoms. The van der Waals surface area contributed by atoms with Crippen molar-refractivity contribution in [1.82, 2.24) is 10.2 Å². The summed E-state index contributed by atoms with van der Waals surface area (Å²) in [4.78, 5) is 40.1. The number of hydrogen-bond acceptors (Lipinski definition) is 5. The highest BCUT2D eigenvalue weighted by Gasteiger charge is 2.39. The number of piperidine rings is 2. The van der Waals surface area contributed by atoms with Crippen LogP contribution in [0.5, 0.6) is 0 Å². The lowest BCUT2D eigenvalue weighted by Gasteiger charge is -2.33. The van der Waals surface area contributed by atoms with Crippen LogP contribution < -0.4 is 10.2 Å². The lowest BCUT2D eigenvalue weighted by atomic mass is 9.97. The number of hydrogen-bond donors (Lipinski definition) is 2. The first-order valence-corrected chi connectivity index (χ1v) is 9.20. The Kier molecular flexibility index (Phi) is 4.40. The molecular formula is C19H23N3O4. The number of fused-ring (bicyclic) bond motifs is 1. The Balaban J connectivity index is 1.51. The van der Waals surface area contributed by atoms with E-state index in [-0.39, 0.29) is 30.7 Å². The van der Waals surface area contributed by atoms with Gasteiger partial charge in [0.1, 0.15) is 6.04 Å². The highest BCUT2D eigenvalue weighted by Crippen LogP contribution is 2.31. The zero-order valence-electron chi connectivity index (χ0n) is 14.6. The SMILES string of the molecule is O=C1CC[C@@H](N2Cc3ccc(N4CCC(CO)CC4)cc3C2=O)C(=O)N1. The molecule has 2 saturated heterocycles. The summed E-state index contributed by atoms with van der Waals surface area (Å²) in [6, 6.07) is 5.34. The van der Waals surface area contributed by atoms with Gasteiger partial charge in [-0.1, -0.05) is 6.07 Å². The molecule has 0 bridgehead atoms. The summed E-state index contributed by atoms with van der Waals surface area (Å²) < 4.78 is 0. The summed E-state index contributed by atoms with van der Waals surface area (Å²) >= 11 is 0. The van der Waals surface area contributed by atoms with Gasteiger partial charge in [0.25, 0.3) is 5.91 Å². The minimum Gasteiger partial charge on any atom is -0.396 e. The maximum Gasteiger partial charge on any atom is 0.255 e. The largest absolute Gasteiger partial charge is 0.396 e. The first-order chi connectivity index (χ1) is 12.6. The molecule has 0 aromatic heterocycles. The number of anilines is 1. The number of carbonyl (C=O) groups is 3. The monoisotopic (exact) mass is 357 g/mol. The van der Waals surface area contributed by atoms with Gasteiger partial charge in [0, 0.05) is 43.9 Å². The maximum absolute atomic E-state index is 12.9. The van der Waals surface area contributed by atoms with E-state index in [4.69, 9.17) is 0 Å². The van der Waals surface area contributed by atoms with Gasteiger partial charge in [-0.15, -0.1) is 0 Å². The minimum absolute atomic E-state index is 0.137. The smallest absolute Gasteiger partial charge is 0.255 e. The van der Waals surface area contributed by atoms with Crippen LogP contribution in [0.3, 0.4) is 0 Å². The number of benzene rings is 1. The molecule has 26 heavy (non-hydrogen) atoms. The molecular weight excluding hydrogens is 334 g/mol. The van der Waals surface area contributed by atoms with E-state index in [1.54, 1.807) is 4.90 Å². The predicted octanol–water partition coefficient (Wildman–Crippen LogP) is 0.656. The Labute approximate surface area is 152 Å². The molecule has 2 fully saturated rings. The van der Waals surface area contributed by atoms with E-state index < -0.39 is 6.04 Å². The highest BCUT2D eigenvalue weighted by atomic mass is 16.3. The zero-order chi connectivity index (χ0) is 18.3. The molecule has 2 N–H and O–H groups in total.